The quantitative estimate of drug-likeness (QED) is 0.866. The SMILES string of the molecule is CCOc1ccc(C=C2SC(NC(C)=O)=NC2=O)cc1. The van der Waals surface area contributed by atoms with Gasteiger partial charge in [-0.2, -0.15) is 4.99 Å². The molecule has 1 heterocycles. The van der Waals surface area contributed by atoms with Crippen molar-refractivity contribution in [1.82, 2.24) is 5.32 Å². The lowest BCUT2D eigenvalue weighted by Gasteiger charge is -2.02. The van der Waals surface area contributed by atoms with Crippen LogP contribution in [0.15, 0.2) is 34.2 Å². The van der Waals surface area contributed by atoms with Crippen LogP contribution in [0.25, 0.3) is 6.08 Å². The van der Waals surface area contributed by atoms with Crippen LogP contribution in [0.1, 0.15) is 19.4 Å². The summed E-state index contributed by atoms with van der Waals surface area (Å²) >= 11 is 1.15. The summed E-state index contributed by atoms with van der Waals surface area (Å²) in [5, 5.41) is 2.83. The van der Waals surface area contributed by atoms with E-state index >= 15 is 0 Å². The molecular weight excluding hydrogens is 276 g/mol. The summed E-state index contributed by atoms with van der Waals surface area (Å²) in [5.41, 5.74) is 0.878. The molecule has 0 spiro atoms. The first kappa shape index (κ1) is 14.3. The molecule has 0 aromatic heterocycles. The molecule has 1 N–H and O–H groups in total. The Kier molecular flexibility index (Phi) is 4.57. The smallest absolute Gasteiger partial charge is 0.286 e. The van der Waals surface area contributed by atoms with Crippen LogP contribution in [0, 0.1) is 0 Å². The van der Waals surface area contributed by atoms with E-state index in [1.165, 1.54) is 6.92 Å². The minimum atomic E-state index is -0.340. The van der Waals surface area contributed by atoms with Gasteiger partial charge >= 0.3 is 0 Å². The molecule has 5 nitrogen and oxygen atoms in total. The van der Waals surface area contributed by atoms with Crippen molar-refractivity contribution in [3.05, 3.63) is 34.7 Å². The van der Waals surface area contributed by atoms with Crippen molar-refractivity contribution in [2.75, 3.05) is 6.61 Å². The van der Waals surface area contributed by atoms with E-state index in [4.69, 9.17) is 4.74 Å². The molecule has 1 aliphatic heterocycles. The van der Waals surface area contributed by atoms with Gasteiger partial charge in [-0.1, -0.05) is 12.1 Å². The van der Waals surface area contributed by atoms with Crippen LogP contribution in [-0.2, 0) is 9.59 Å². The van der Waals surface area contributed by atoms with E-state index in [2.05, 4.69) is 10.3 Å². The number of aliphatic imine (C=N–C) groups is 1. The first-order valence-electron chi connectivity index (χ1n) is 6.11. The third-order valence-electron chi connectivity index (χ3n) is 2.39. The zero-order valence-corrected chi connectivity index (χ0v) is 12.0. The molecule has 1 aromatic carbocycles. The number of carbonyl (C=O) groups is 2. The maximum absolute atomic E-state index is 11.7. The number of thioether (sulfide) groups is 1. The fourth-order valence-electron chi connectivity index (χ4n) is 1.59. The second-order valence-electron chi connectivity index (χ2n) is 4.02. The van der Waals surface area contributed by atoms with E-state index in [9.17, 15) is 9.59 Å². The van der Waals surface area contributed by atoms with Gasteiger partial charge < -0.3 is 10.1 Å². The molecular formula is C14H14N2O3S. The summed E-state index contributed by atoms with van der Waals surface area (Å²) in [6.07, 6.45) is 1.74. The molecule has 2 amide bonds. The van der Waals surface area contributed by atoms with Gasteiger partial charge in [0, 0.05) is 6.92 Å². The summed E-state index contributed by atoms with van der Waals surface area (Å²) in [6, 6.07) is 7.41. The minimum Gasteiger partial charge on any atom is -0.494 e. The topological polar surface area (TPSA) is 67.8 Å². The molecule has 0 saturated heterocycles. The fourth-order valence-corrected chi connectivity index (χ4v) is 2.45. The second kappa shape index (κ2) is 6.38. The van der Waals surface area contributed by atoms with Crippen LogP contribution in [0.4, 0.5) is 0 Å². The summed E-state index contributed by atoms with van der Waals surface area (Å²) in [7, 11) is 0. The predicted octanol–water partition coefficient (Wildman–Crippen LogP) is 2.19. The monoisotopic (exact) mass is 290 g/mol. The van der Waals surface area contributed by atoms with E-state index < -0.39 is 0 Å². The van der Waals surface area contributed by atoms with E-state index in [1.54, 1.807) is 6.08 Å². The molecule has 1 aromatic rings. The number of hydrogen-bond donors (Lipinski definition) is 1. The Balaban J connectivity index is 2.08. The van der Waals surface area contributed by atoms with Crippen LogP contribution < -0.4 is 10.1 Å². The number of amidine groups is 1. The zero-order valence-electron chi connectivity index (χ0n) is 11.2. The van der Waals surface area contributed by atoms with Crippen LogP contribution >= 0.6 is 11.8 Å². The summed E-state index contributed by atoms with van der Waals surface area (Å²) in [5.74, 6) is 0.203. The maximum Gasteiger partial charge on any atom is 0.286 e. The number of nitrogens with one attached hydrogen (secondary N) is 1. The second-order valence-corrected chi connectivity index (χ2v) is 5.05. The average molecular weight is 290 g/mol. The van der Waals surface area contributed by atoms with Crippen LogP contribution in [0.2, 0.25) is 0 Å². The highest BCUT2D eigenvalue weighted by molar-refractivity contribution is 8.18. The summed E-state index contributed by atoms with van der Waals surface area (Å²) in [6.45, 7) is 3.91. The van der Waals surface area contributed by atoms with Gasteiger partial charge in [-0.05, 0) is 42.5 Å². The Morgan fingerprint density at radius 2 is 2.10 bits per heavy atom. The Morgan fingerprint density at radius 3 is 2.70 bits per heavy atom. The molecule has 0 bridgehead atoms. The first-order chi connectivity index (χ1) is 9.58. The van der Waals surface area contributed by atoms with Crippen molar-refractivity contribution in [2.24, 2.45) is 4.99 Å². The number of carbonyl (C=O) groups excluding carboxylic acids is 2. The Hall–Kier alpha value is -2.08. The molecule has 2 rings (SSSR count). The number of rotatable bonds is 3. The van der Waals surface area contributed by atoms with Gasteiger partial charge in [0.2, 0.25) is 5.91 Å². The highest BCUT2D eigenvalue weighted by Gasteiger charge is 2.22. The van der Waals surface area contributed by atoms with Crippen molar-refractivity contribution < 1.29 is 14.3 Å². The number of benzene rings is 1. The van der Waals surface area contributed by atoms with Gasteiger partial charge in [-0.15, -0.1) is 0 Å². The van der Waals surface area contributed by atoms with Crippen LogP contribution in [-0.4, -0.2) is 23.6 Å². The predicted molar refractivity (Wildman–Crippen MR) is 79.4 cm³/mol. The molecule has 0 fully saturated rings. The van der Waals surface area contributed by atoms with E-state index in [0.717, 1.165) is 23.1 Å². The van der Waals surface area contributed by atoms with Crippen molar-refractivity contribution in [1.29, 1.82) is 0 Å². The van der Waals surface area contributed by atoms with E-state index in [0.29, 0.717) is 16.7 Å². The highest BCUT2D eigenvalue weighted by Crippen LogP contribution is 2.27. The van der Waals surface area contributed by atoms with Gasteiger partial charge in [0.05, 0.1) is 11.5 Å². The third-order valence-corrected chi connectivity index (χ3v) is 3.29. The molecule has 0 saturated carbocycles. The Labute approximate surface area is 121 Å². The van der Waals surface area contributed by atoms with Crippen LogP contribution in [0.3, 0.4) is 0 Å². The molecule has 20 heavy (non-hydrogen) atoms. The van der Waals surface area contributed by atoms with Crippen molar-refractivity contribution in [3.8, 4) is 5.75 Å². The average Bonchev–Trinajstić information content (AvgIpc) is 2.71. The summed E-state index contributed by atoms with van der Waals surface area (Å²) < 4.78 is 5.35. The van der Waals surface area contributed by atoms with Gasteiger partial charge in [0.1, 0.15) is 5.75 Å². The standard InChI is InChI=1S/C14H14N2O3S/c1-3-19-11-6-4-10(5-7-11)8-12-13(18)16-14(20-12)15-9(2)17/h4-8H,3H2,1-2H3,(H,15,16,17,18). The molecule has 0 aliphatic carbocycles. The lowest BCUT2D eigenvalue weighted by atomic mass is 10.2. The lowest BCUT2D eigenvalue weighted by molar-refractivity contribution is -0.117. The number of nitrogens with zero attached hydrogens (tertiary/aromatic N) is 1. The van der Waals surface area contributed by atoms with Gasteiger partial charge in [0.25, 0.3) is 5.91 Å². The van der Waals surface area contributed by atoms with Crippen LogP contribution in [0.5, 0.6) is 5.75 Å². The van der Waals surface area contributed by atoms with Crippen molar-refractivity contribution >= 4 is 34.8 Å². The molecule has 0 unspecified atom stereocenters. The fraction of sp³-hybridized carbons (Fsp3) is 0.214. The number of hydrogen-bond acceptors (Lipinski definition) is 4. The number of ether oxygens (including phenoxy) is 1. The Morgan fingerprint density at radius 1 is 1.40 bits per heavy atom. The maximum atomic E-state index is 11.7. The molecule has 1 aliphatic rings. The summed E-state index contributed by atoms with van der Waals surface area (Å²) in [4.78, 5) is 26.9. The Bertz CT molecular complexity index is 591. The third kappa shape index (κ3) is 3.71. The molecule has 0 atom stereocenters. The molecule has 0 radical (unpaired) electrons. The molecule has 6 heteroatoms. The minimum absolute atomic E-state index is 0.244. The van der Waals surface area contributed by atoms with E-state index in [-0.39, 0.29) is 11.8 Å². The zero-order chi connectivity index (χ0) is 14.5. The van der Waals surface area contributed by atoms with E-state index in [1.807, 2.05) is 31.2 Å². The highest BCUT2D eigenvalue weighted by atomic mass is 32.2. The van der Waals surface area contributed by atoms with Gasteiger partial charge in [-0.25, -0.2) is 0 Å². The number of amides is 2. The van der Waals surface area contributed by atoms with Gasteiger partial charge in [0.15, 0.2) is 5.17 Å². The van der Waals surface area contributed by atoms with Crippen molar-refractivity contribution in [2.45, 2.75) is 13.8 Å². The van der Waals surface area contributed by atoms with Gasteiger partial charge in [-0.3, -0.25) is 9.59 Å². The molecule has 104 valence electrons. The normalized spacial score (nSPS) is 16.2. The first-order valence-corrected chi connectivity index (χ1v) is 6.93. The largest absolute Gasteiger partial charge is 0.494 e. The van der Waals surface area contributed by atoms with Crippen molar-refractivity contribution in [3.63, 3.8) is 0 Å². The lowest BCUT2D eigenvalue weighted by Crippen LogP contribution is -2.23.